The fourth-order valence-corrected chi connectivity index (χ4v) is 5.43. The Hall–Kier alpha value is -2.56. The minimum atomic E-state index is -0.535. The highest BCUT2D eigenvalue weighted by Crippen LogP contribution is 2.39. The molecule has 0 radical (unpaired) electrons. The van der Waals surface area contributed by atoms with Crippen molar-refractivity contribution in [3.63, 3.8) is 0 Å². The lowest BCUT2D eigenvalue weighted by atomic mass is 10.1. The van der Waals surface area contributed by atoms with Crippen LogP contribution < -0.4 is 14.9 Å². The molecule has 2 amide bonds. The monoisotopic (exact) mass is 636 g/mol. The molecule has 0 aliphatic carbocycles. The van der Waals surface area contributed by atoms with Gasteiger partial charge in [0, 0.05) is 5.02 Å². The molecule has 6 nitrogen and oxygen atoms in total. The van der Waals surface area contributed by atoms with Crippen molar-refractivity contribution < 1.29 is 19.1 Å². The van der Waals surface area contributed by atoms with Gasteiger partial charge >= 0.3 is 0 Å². The van der Waals surface area contributed by atoms with Crippen LogP contribution in [0.25, 0.3) is 6.08 Å². The Balaban J connectivity index is 1.53. The molecule has 0 atom stereocenters. The van der Waals surface area contributed by atoms with Crippen molar-refractivity contribution in [3.8, 4) is 11.5 Å². The van der Waals surface area contributed by atoms with E-state index in [1.54, 1.807) is 48.5 Å². The summed E-state index contributed by atoms with van der Waals surface area (Å²) in [5.41, 5.74) is 4.41. The van der Waals surface area contributed by atoms with Crippen LogP contribution >= 0.6 is 63.1 Å². The summed E-state index contributed by atoms with van der Waals surface area (Å²) >= 11 is 22.0. The van der Waals surface area contributed by atoms with Crippen LogP contribution in [0.3, 0.4) is 0 Å². The van der Waals surface area contributed by atoms with E-state index in [1.165, 1.54) is 0 Å². The van der Waals surface area contributed by atoms with E-state index < -0.39 is 11.8 Å². The number of hydrogen-bond acceptors (Lipinski definition) is 6. The van der Waals surface area contributed by atoms with Gasteiger partial charge in [-0.2, -0.15) is 5.01 Å². The molecular weight excluding hydrogens is 619 g/mol. The van der Waals surface area contributed by atoms with Crippen LogP contribution in [0.15, 0.2) is 70.0 Å². The summed E-state index contributed by atoms with van der Waals surface area (Å²) < 4.78 is 12.7. The molecule has 0 bridgehead atoms. The van der Waals surface area contributed by atoms with Gasteiger partial charge in [0.15, 0.2) is 15.8 Å². The number of halogens is 3. The number of nitrogens with one attached hydrogen (secondary N) is 1. The third kappa shape index (κ3) is 6.66. The summed E-state index contributed by atoms with van der Waals surface area (Å²) in [5.74, 6) is 0.0624. The van der Waals surface area contributed by atoms with E-state index in [1.807, 2.05) is 25.1 Å². The third-order valence-electron chi connectivity index (χ3n) is 5.05. The third-order valence-corrected chi connectivity index (χ3v) is 7.52. The average molecular weight is 638 g/mol. The van der Waals surface area contributed by atoms with Crippen molar-refractivity contribution in [1.29, 1.82) is 0 Å². The molecule has 0 spiro atoms. The maximum atomic E-state index is 13.0. The van der Waals surface area contributed by atoms with Crippen LogP contribution in [0.4, 0.5) is 0 Å². The highest BCUT2D eigenvalue weighted by atomic mass is 79.9. The number of thiocarbonyl (C=S) groups is 1. The van der Waals surface area contributed by atoms with E-state index in [2.05, 4.69) is 21.4 Å². The molecule has 1 saturated heterocycles. The van der Waals surface area contributed by atoms with Crippen LogP contribution in [0.1, 0.15) is 28.4 Å². The molecular formula is C26H19BrCl2N2O4S2. The van der Waals surface area contributed by atoms with E-state index in [9.17, 15) is 9.59 Å². The Morgan fingerprint density at radius 3 is 2.57 bits per heavy atom. The van der Waals surface area contributed by atoms with Crippen molar-refractivity contribution in [2.75, 3.05) is 6.61 Å². The highest BCUT2D eigenvalue weighted by Gasteiger charge is 2.34. The van der Waals surface area contributed by atoms with Crippen molar-refractivity contribution in [2.45, 2.75) is 13.5 Å². The number of amides is 2. The molecule has 1 heterocycles. The molecule has 4 rings (SSSR count). The maximum Gasteiger partial charge on any atom is 0.285 e. The quantitative estimate of drug-likeness (QED) is 0.207. The molecule has 0 saturated carbocycles. The van der Waals surface area contributed by atoms with Crippen LogP contribution in [-0.4, -0.2) is 27.8 Å². The Kier molecular flexibility index (Phi) is 9.15. The van der Waals surface area contributed by atoms with Crippen LogP contribution in [-0.2, 0) is 11.4 Å². The van der Waals surface area contributed by atoms with E-state index in [-0.39, 0.29) is 14.9 Å². The number of rotatable bonds is 8. The molecule has 1 aliphatic rings. The van der Waals surface area contributed by atoms with Gasteiger partial charge in [0.1, 0.15) is 6.61 Å². The first kappa shape index (κ1) is 27.5. The van der Waals surface area contributed by atoms with Crippen LogP contribution in [0.2, 0.25) is 10.0 Å². The van der Waals surface area contributed by atoms with Gasteiger partial charge in [0.25, 0.3) is 11.8 Å². The minimum absolute atomic E-state index is 0.198. The predicted octanol–water partition coefficient (Wildman–Crippen LogP) is 7.28. The number of benzene rings is 3. The first-order valence-electron chi connectivity index (χ1n) is 10.9. The Bertz CT molecular complexity index is 1400. The van der Waals surface area contributed by atoms with Crippen LogP contribution in [0, 0.1) is 0 Å². The zero-order chi connectivity index (χ0) is 26.5. The first-order chi connectivity index (χ1) is 17.8. The zero-order valence-corrected chi connectivity index (χ0v) is 24.0. The van der Waals surface area contributed by atoms with E-state index in [4.69, 9.17) is 44.9 Å². The maximum absolute atomic E-state index is 13.0. The van der Waals surface area contributed by atoms with Gasteiger partial charge in [-0.3, -0.25) is 15.0 Å². The molecule has 1 aliphatic heterocycles. The van der Waals surface area contributed by atoms with Gasteiger partial charge < -0.3 is 9.47 Å². The molecule has 1 fully saturated rings. The van der Waals surface area contributed by atoms with Gasteiger partial charge in [0.05, 0.1) is 26.6 Å². The van der Waals surface area contributed by atoms with E-state index in [0.717, 1.165) is 22.3 Å². The molecule has 0 aromatic heterocycles. The number of hydrazine groups is 1. The molecule has 3 aromatic carbocycles. The Morgan fingerprint density at radius 1 is 1.14 bits per heavy atom. The molecule has 1 N–H and O–H groups in total. The van der Waals surface area contributed by atoms with E-state index >= 15 is 0 Å². The van der Waals surface area contributed by atoms with Gasteiger partial charge in [-0.1, -0.05) is 59.2 Å². The summed E-state index contributed by atoms with van der Waals surface area (Å²) in [5, 5.41) is 1.96. The lowest BCUT2D eigenvalue weighted by Gasteiger charge is -2.16. The molecule has 190 valence electrons. The summed E-state index contributed by atoms with van der Waals surface area (Å²) in [6.07, 6.45) is 1.68. The van der Waals surface area contributed by atoms with Gasteiger partial charge in [-0.25, -0.2) is 0 Å². The van der Waals surface area contributed by atoms with E-state index in [0.29, 0.717) is 44.7 Å². The smallest absolute Gasteiger partial charge is 0.285 e. The lowest BCUT2D eigenvalue weighted by molar-refractivity contribution is -0.123. The lowest BCUT2D eigenvalue weighted by Crippen LogP contribution is -2.44. The topological polar surface area (TPSA) is 67.9 Å². The minimum Gasteiger partial charge on any atom is -0.490 e. The highest BCUT2D eigenvalue weighted by molar-refractivity contribution is 9.10. The van der Waals surface area contributed by atoms with Crippen molar-refractivity contribution in [3.05, 3.63) is 96.8 Å². The second kappa shape index (κ2) is 12.3. The van der Waals surface area contributed by atoms with Gasteiger partial charge in [0.2, 0.25) is 0 Å². The summed E-state index contributed by atoms with van der Waals surface area (Å²) in [4.78, 5) is 26.0. The van der Waals surface area contributed by atoms with Gasteiger partial charge in [-0.15, -0.1) is 0 Å². The Labute approximate surface area is 242 Å². The summed E-state index contributed by atoms with van der Waals surface area (Å²) in [6.45, 7) is 2.61. The van der Waals surface area contributed by atoms with Crippen molar-refractivity contribution >= 4 is 85.3 Å². The largest absolute Gasteiger partial charge is 0.490 e. The number of thioether (sulfide) groups is 1. The number of ether oxygens (including phenoxy) is 2. The Morgan fingerprint density at radius 2 is 1.86 bits per heavy atom. The van der Waals surface area contributed by atoms with Crippen LogP contribution in [0.5, 0.6) is 11.5 Å². The number of carbonyl (C=O) groups is 2. The first-order valence-corrected chi connectivity index (χ1v) is 13.7. The predicted molar refractivity (Wildman–Crippen MR) is 155 cm³/mol. The molecule has 3 aromatic rings. The average Bonchev–Trinajstić information content (AvgIpc) is 3.12. The number of hydrogen-bond donors (Lipinski definition) is 1. The molecule has 37 heavy (non-hydrogen) atoms. The fourth-order valence-electron chi connectivity index (χ4n) is 3.33. The van der Waals surface area contributed by atoms with Crippen molar-refractivity contribution in [1.82, 2.24) is 10.4 Å². The second-order valence-corrected chi connectivity index (χ2v) is 11.0. The second-order valence-electron chi connectivity index (χ2n) is 7.62. The summed E-state index contributed by atoms with van der Waals surface area (Å²) in [7, 11) is 0. The standard InChI is InChI=1S/C26H19BrCl2N2O4S2/c1-2-34-21-12-16(11-19(27)23(21)35-14-15-7-9-17(28)10-8-15)13-22-25(33)31(26(36)37-22)30-24(32)18-5-3-4-6-20(18)29/h3-13H,2,14H2,1H3,(H,30,32)/b22-13-. The molecule has 0 unspecified atom stereocenters. The number of carbonyl (C=O) groups excluding carboxylic acids is 2. The summed E-state index contributed by atoms with van der Waals surface area (Å²) in [6, 6.07) is 17.5. The zero-order valence-electron chi connectivity index (χ0n) is 19.3. The number of nitrogens with zero attached hydrogens (tertiary/aromatic N) is 1. The SMILES string of the molecule is CCOc1cc(/C=C2\SC(=S)N(NC(=O)c3ccccc3Cl)C2=O)cc(Br)c1OCc1ccc(Cl)cc1. The fraction of sp³-hybridized carbons (Fsp3) is 0.115. The van der Waals surface area contributed by atoms with Gasteiger partial charge in [-0.05, 0) is 88.7 Å². The van der Waals surface area contributed by atoms with Crippen molar-refractivity contribution in [2.24, 2.45) is 0 Å². The molecule has 11 heteroatoms. The normalized spacial score (nSPS) is 14.3.